The van der Waals surface area contributed by atoms with Crippen LogP contribution in [0, 0.1) is 0 Å². The Kier molecular flexibility index (Phi) is 14.0. The van der Waals surface area contributed by atoms with Gasteiger partial charge in [0.1, 0.15) is 13.1 Å². The van der Waals surface area contributed by atoms with Gasteiger partial charge in [-0.15, -0.1) is 0 Å². The molecule has 0 fully saturated rings. The Morgan fingerprint density at radius 2 is 1.64 bits per heavy atom. The number of nitrogens with zero attached hydrogens (tertiary/aromatic N) is 2. The lowest BCUT2D eigenvalue weighted by atomic mass is 10.1. The molecule has 1 heterocycles. The maximum Gasteiger partial charge on any atom is 0.217 e. The first-order valence-electron chi connectivity index (χ1n) is 11.9. The Morgan fingerprint density at radius 1 is 1.00 bits per heavy atom. The summed E-state index contributed by atoms with van der Waals surface area (Å²) in [5.74, 6) is 1.43. The second kappa shape index (κ2) is 15.7. The predicted octanol–water partition coefficient (Wildman–Crippen LogP) is 5.63. The minimum Gasteiger partial charge on any atom is -0.351 e. The average molecular weight is 393 g/mol. The van der Waals surface area contributed by atoms with Gasteiger partial charge in [0.25, 0.3) is 0 Å². The summed E-state index contributed by atoms with van der Waals surface area (Å²) in [6, 6.07) is 0. The van der Waals surface area contributed by atoms with Gasteiger partial charge >= 0.3 is 0 Å². The van der Waals surface area contributed by atoms with Gasteiger partial charge in [-0.1, -0.05) is 57.6 Å². The number of allylic oxidation sites excluding steroid dienone is 2. The minimum absolute atomic E-state index is 0.0662. The Bertz CT molecular complexity index is 472. The van der Waals surface area contributed by atoms with Gasteiger partial charge in [-0.2, -0.15) is 0 Å². The smallest absolute Gasteiger partial charge is 0.217 e. The molecule has 0 saturated carbocycles. The summed E-state index contributed by atoms with van der Waals surface area (Å²) in [6.07, 6.45) is 20.5. The summed E-state index contributed by atoms with van der Waals surface area (Å²) in [4.78, 5) is 16.0. The van der Waals surface area contributed by atoms with Crippen LogP contribution in [0.1, 0.15) is 97.8 Å². The maximum absolute atomic E-state index is 11.1. The number of carbonyl (C=O) groups excluding carboxylic acids is 1. The molecule has 0 bridgehead atoms. The fourth-order valence-corrected chi connectivity index (χ4v) is 4.15. The van der Waals surface area contributed by atoms with Crippen molar-refractivity contribution in [2.45, 2.75) is 97.8 Å². The quantitative estimate of drug-likeness (QED) is 0.195. The van der Waals surface area contributed by atoms with E-state index in [1.807, 2.05) is 0 Å². The van der Waals surface area contributed by atoms with E-state index in [9.17, 15) is 4.79 Å². The van der Waals surface area contributed by atoms with Crippen molar-refractivity contribution >= 4 is 11.7 Å². The van der Waals surface area contributed by atoms with Crippen molar-refractivity contribution in [3.8, 4) is 0 Å². The van der Waals surface area contributed by atoms with Gasteiger partial charge in [-0.05, 0) is 39.0 Å². The van der Waals surface area contributed by atoms with Crippen LogP contribution in [0.15, 0.2) is 17.1 Å². The molecule has 28 heavy (non-hydrogen) atoms. The van der Waals surface area contributed by atoms with Gasteiger partial charge in [0, 0.05) is 13.3 Å². The van der Waals surface area contributed by atoms with E-state index in [1.165, 1.54) is 76.5 Å². The largest absolute Gasteiger partial charge is 0.351 e. The molecule has 1 aliphatic heterocycles. The molecule has 0 radical (unpaired) electrons. The number of amidine groups is 1. The van der Waals surface area contributed by atoms with Crippen molar-refractivity contribution in [1.29, 1.82) is 0 Å². The second-order valence-electron chi connectivity index (χ2n) is 8.32. The van der Waals surface area contributed by atoms with E-state index >= 15 is 0 Å². The summed E-state index contributed by atoms with van der Waals surface area (Å²) in [5.41, 5.74) is 0. The molecular formula is C24H46N3O+. The van der Waals surface area contributed by atoms with E-state index in [1.54, 1.807) is 6.92 Å². The zero-order chi connectivity index (χ0) is 20.5. The highest BCUT2D eigenvalue weighted by molar-refractivity contribution is 5.77. The van der Waals surface area contributed by atoms with Gasteiger partial charge in [-0.3, -0.25) is 9.28 Å². The Labute approximate surface area is 174 Å². The molecule has 4 heteroatoms. The molecule has 162 valence electrons. The van der Waals surface area contributed by atoms with Crippen molar-refractivity contribution < 1.29 is 9.28 Å². The lowest BCUT2D eigenvalue weighted by Gasteiger charge is -2.33. The molecule has 0 saturated heterocycles. The molecule has 0 aromatic rings. The number of aliphatic imine (C=N–C) groups is 1. The lowest BCUT2D eigenvalue weighted by molar-refractivity contribution is -0.833. The fourth-order valence-electron chi connectivity index (χ4n) is 4.15. The number of carbonyl (C=O) groups is 1. The highest BCUT2D eigenvalue weighted by Gasteiger charge is 2.35. The molecule has 0 aliphatic carbocycles. The van der Waals surface area contributed by atoms with E-state index in [0.29, 0.717) is 0 Å². The molecule has 1 rings (SSSR count). The lowest BCUT2D eigenvalue weighted by Crippen LogP contribution is -2.54. The van der Waals surface area contributed by atoms with Gasteiger partial charge in [0.15, 0.2) is 5.84 Å². The van der Waals surface area contributed by atoms with Crippen molar-refractivity contribution in [1.82, 2.24) is 5.32 Å². The van der Waals surface area contributed by atoms with Crippen molar-refractivity contribution in [3.63, 3.8) is 0 Å². The number of rotatable bonds is 17. The third-order valence-electron chi connectivity index (χ3n) is 6.05. The van der Waals surface area contributed by atoms with Crippen LogP contribution in [-0.2, 0) is 4.79 Å². The molecule has 1 amide bonds. The van der Waals surface area contributed by atoms with Crippen LogP contribution in [-0.4, -0.2) is 48.9 Å². The van der Waals surface area contributed by atoms with Crippen LogP contribution in [0.5, 0.6) is 0 Å². The number of nitrogens with one attached hydrogen (secondary N) is 1. The third-order valence-corrected chi connectivity index (χ3v) is 6.05. The molecule has 0 aromatic heterocycles. The average Bonchev–Trinajstić information content (AvgIpc) is 3.08. The van der Waals surface area contributed by atoms with Crippen molar-refractivity contribution in [2.24, 2.45) is 4.99 Å². The first kappa shape index (κ1) is 24.9. The summed E-state index contributed by atoms with van der Waals surface area (Å²) in [6.45, 7) is 11.0. The molecule has 1 aliphatic rings. The van der Waals surface area contributed by atoms with Gasteiger partial charge in [0.2, 0.25) is 5.91 Å². The van der Waals surface area contributed by atoms with Crippen LogP contribution >= 0.6 is 0 Å². The van der Waals surface area contributed by atoms with Gasteiger partial charge in [0.05, 0.1) is 19.6 Å². The highest BCUT2D eigenvalue weighted by atomic mass is 16.1. The van der Waals surface area contributed by atoms with Gasteiger partial charge in [-0.25, -0.2) is 4.99 Å². The zero-order valence-electron chi connectivity index (χ0n) is 19.0. The SMILES string of the molecule is CCCCCCCC/C=C/CCCCCC1=NCC[N+]1(CC)CCNC(C)=O. The number of unbranched alkanes of at least 4 members (excludes halogenated alkanes) is 9. The summed E-state index contributed by atoms with van der Waals surface area (Å²) >= 11 is 0. The van der Waals surface area contributed by atoms with E-state index in [4.69, 9.17) is 4.99 Å². The van der Waals surface area contributed by atoms with Crippen molar-refractivity contribution in [2.75, 3.05) is 32.7 Å². The fraction of sp³-hybridized carbons (Fsp3) is 0.833. The Balaban J connectivity index is 2.09. The molecule has 4 nitrogen and oxygen atoms in total. The van der Waals surface area contributed by atoms with Crippen LogP contribution in [0.3, 0.4) is 0 Å². The first-order valence-corrected chi connectivity index (χ1v) is 11.9. The van der Waals surface area contributed by atoms with Crippen LogP contribution in [0.4, 0.5) is 0 Å². The van der Waals surface area contributed by atoms with Crippen molar-refractivity contribution in [3.05, 3.63) is 12.2 Å². The number of hydrogen-bond acceptors (Lipinski definition) is 2. The standard InChI is InChI=1S/C24H45N3O/c1-4-6-7-8-9-10-11-12-13-14-15-16-17-18-24-26-20-22-27(24,5-2)21-19-25-23(3)28/h12-13H,4-11,14-22H2,1-3H3/p+1/b13-12+. The maximum atomic E-state index is 11.1. The first-order chi connectivity index (χ1) is 13.6. The third kappa shape index (κ3) is 10.4. The van der Waals surface area contributed by atoms with E-state index < -0.39 is 0 Å². The zero-order valence-corrected chi connectivity index (χ0v) is 19.0. The number of likely N-dealkylation sites (N-methyl/N-ethyl adjacent to an activating group) is 1. The van der Waals surface area contributed by atoms with Crippen LogP contribution in [0.2, 0.25) is 0 Å². The molecule has 1 atom stereocenters. The Morgan fingerprint density at radius 3 is 2.29 bits per heavy atom. The second-order valence-corrected chi connectivity index (χ2v) is 8.32. The minimum atomic E-state index is 0.0662. The van der Waals surface area contributed by atoms with Crippen LogP contribution < -0.4 is 5.32 Å². The van der Waals surface area contributed by atoms with E-state index in [-0.39, 0.29) is 5.91 Å². The summed E-state index contributed by atoms with van der Waals surface area (Å²) < 4.78 is 0.985. The number of hydrogen-bond donors (Lipinski definition) is 1. The summed E-state index contributed by atoms with van der Waals surface area (Å²) in [5, 5.41) is 2.95. The Hall–Kier alpha value is -1.16. The van der Waals surface area contributed by atoms with E-state index in [2.05, 4.69) is 31.3 Å². The number of quaternary nitrogens is 1. The molecular weight excluding hydrogens is 346 g/mol. The number of amides is 1. The highest BCUT2D eigenvalue weighted by Crippen LogP contribution is 2.19. The normalized spacial score (nSPS) is 19.3. The molecule has 1 N–H and O–H groups in total. The van der Waals surface area contributed by atoms with E-state index in [0.717, 1.165) is 43.6 Å². The van der Waals surface area contributed by atoms with Gasteiger partial charge < -0.3 is 5.32 Å². The predicted molar refractivity (Wildman–Crippen MR) is 122 cm³/mol. The monoisotopic (exact) mass is 392 g/mol. The molecule has 0 aromatic carbocycles. The molecule has 0 spiro atoms. The topological polar surface area (TPSA) is 41.5 Å². The van der Waals surface area contributed by atoms with Crippen LogP contribution in [0.25, 0.3) is 0 Å². The summed E-state index contributed by atoms with van der Waals surface area (Å²) in [7, 11) is 0. The molecule has 1 unspecified atom stereocenters.